The summed E-state index contributed by atoms with van der Waals surface area (Å²) < 4.78 is 0. The molecule has 0 saturated carbocycles. The minimum absolute atomic E-state index is 0.0588. The van der Waals surface area contributed by atoms with Gasteiger partial charge in [-0.2, -0.15) is 0 Å². The highest BCUT2D eigenvalue weighted by atomic mass is 16.3. The molecule has 23 heavy (non-hydrogen) atoms. The number of nitrogens with one attached hydrogen (secondary N) is 1. The maximum atomic E-state index is 10.2. The van der Waals surface area contributed by atoms with Crippen LogP contribution < -0.4 is 4.90 Å². The second-order valence-electron chi connectivity index (χ2n) is 6.26. The molecule has 1 aromatic rings. The number of nitrogens with zero attached hydrogens (tertiary/aromatic N) is 4. The molecule has 126 valence electrons. The molecule has 2 N–H and O–H groups in total. The summed E-state index contributed by atoms with van der Waals surface area (Å²) in [5.41, 5.74) is 1.74. The van der Waals surface area contributed by atoms with Crippen molar-refractivity contribution in [2.75, 3.05) is 37.6 Å². The van der Waals surface area contributed by atoms with E-state index in [-0.39, 0.29) is 11.7 Å². The van der Waals surface area contributed by atoms with E-state index in [4.69, 9.17) is 10.4 Å². The van der Waals surface area contributed by atoms with Gasteiger partial charge < -0.3 is 20.3 Å². The first-order valence-corrected chi connectivity index (χ1v) is 8.22. The van der Waals surface area contributed by atoms with E-state index in [9.17, 15) is 5.11 Å². The summed E-state index contributed by atoms with van der Waals surface area (Å²) in [6, 6.07) is 0. The lowest BCUT2D eigenvalue weighted by Gasteiger charge is -2.34. The van der Waals surface area contributed by atoms with Gasteiger partial charge in [-0.1, -0.05) is 20.8 Å². The normalized spacial score (nSPS) is 16.9. The van der Waals surface area contributed by atoms with Crippen LogP contribution >= 0.6 is 0 Å². The molecule has 1 aliphatic rings. The van der Waals surface area contributed by atoms with Crippen molar-refractivity contribution in [3.8, 4) is 0 Å². The summed E-state index contributed by atoms with van der Waals surface area (Å²) in [4.78, 5) is 13.8. The Morgan fingerprint density at radius 3 is 2.52 bits per heavy atom. The van der Waals surface area contributed by atoms with Crippen LogP contribution in [0.2, 0.25) is 0 Å². The zero-order valence-corrected chi connectivity index (χ0v) is 14.5. The van der Waals surface area contributed by atoms with E-state index in [2.05, 4.69) is 35.6 Å². The average molecular weight is 317 g/mol. The zero-order valence-electron chi connectivity index (χ0n) is 14.5. The number of piperazine rings is 1. The molecule has 0 radical (unpaired) electrons. The van der Waals surface area contributed by atoms with Gasteiger partial charge in [-0.05, 0) is 19.4 Å². The van der Waals surface area contributed by atoms with Crippen LogP contribution in [0.25, 0.3) is 5.76 Å². The molecular formula is C17H27N5O. The van der Waals surface area contributed by atoms with E-state index in [1.54, 1.807) is 13.1 Å². The number of aliphatic hydroxyl groups excluding tert-OH is 1. The molecule has 2 heterocycles. The van der Waals surface area contributed by atoms with Gasteiger partial charge in [0, 0.05) is 44.2 Å². The second-order valence-corrected chi connectivity index (χ2v) is 6.26. The molecule has 2 rings (SSSR count). The fraction of sp³-hybridized carbons (Fsp3) is 0.588. The third-order valence-corrected chi connectivity index (χ3v) is 4.08. The van der Waals surface area contributed by atoms with Crippen LogP contribution in [-0.4, -0.2) is 58.4 Å². The third-order valence-electron chi connectivity index (χ3n) is 4.08. The van der Waals surface area contributed by atoms with Crippen LogP contribution in [-0.2, 0) is 0 Å². The van der Waals surface area contributed by atoms with Crippen molar-refractivity contribution in [3.05, 3.63) is 23.5 Å². The SMILES string of the molecule is CCN1CCN(c2ncc(/C(O)=C/C(C)=N)c(C(C)C)n2)CC1. The summed E-state index contributed by atoms with van der Waals surface area (Å²) in [6.45, 7) is 12.9. The maximum absolute atomic E-state index is 10.2. The van der Waals surface area contributed by atoms with Crippen molar-refractivity contribution >= 4 is 17.4 Å². The van der Waals surface area contributed by atoms with Crippen LogP contribution in [0.5, 0.6) is 0 Å². The molecule has 0 spiro atoms. The van der Waals surface area contributed by atoms with E-state index < -0.39 is 0 Å². The average Bonchev–Trinajstić information content (AvgIpc) is 2.53. The van der Waals surface area contributed by atoms with Crippen molar-refractivity contribution in [2.24, 2.45) is 0 Å². The highest BCUT2D eigenvalue weighted by molar-refractivity contribution is 5.95. The van der Waals surface area contributed by atoms with Gasteiger partial charge in [0.1, 0.15) is 5.76 Å². The van der Waals surface area contributed by atoms with Gasteiger partial charge in [-0.15, -0.1) is 0 Å². The topological polar surface area (TPSA) is 76.3 Å². The van der Waals surface area contributed by atoms with E-state index in [0.29, 0.717) is 11.3 Å². The number of allylic oxidation sites excluding steroid dienone is 1. The Morgan fingerprint density at radius 1 is 1.35 bits per heavy atom. The Hall–Kier alpha value is -1.95. The summed E-state index contributed by atoms with van der Waals surface area (Å²) in [5.74, 6) is 0.960. The number of hydrogen-bond donors (Lipinski definition) is 2. The molecule has 1 aliphatic heterocycles. The quantitative estimate of drug-likeness (QED) is 0.645. The first-order valence-electron chi connectivity index (χ1n) is 8.22. The predicted octanol–water partition coefficient (Wildman–Crippen LogP) is 2.68. The standard InChI is InChI=1S/C17H27N5O/c1-5-21-6-8-22(9-7-21)17-19-11-14(15(23)10-13(4)18)16(20-17)12(2)3/h10-12,18,23H,5-9H2,1-4H3/b15-10-,18-13?. The fourth-order valence-corrected chi connectivity index (χ4v) is 2.72. The summed E-state index contributed by atoms with van der Waals surface area (Å²) in [7, 11) is 0. The molecule has 6 nitrogen and oxygen atoms in total. The lowest BCUT2D eigenvalue weighted by molar-refractivity contribution is 0.270. The predicted molar refractivity (Wildman–Crippen MR) is 94.5 cm³/mol. The van der Waals surface area contributed by atoms with Crippen molar-refractivity contribution in [1.29, 1.82) is 5.41 Å². The first-order chi connectivity index (χ1) is 10.9. The van der Waals surface area contributed by atoms with Crippen molar-refractivity contribution < 1.29 is 5.11 Å². The smallest absolute Gasteiger partial charge is 0.225 e. The van der Waals surface area contributed by atoms with Crippen molar-refractivity contribution in [2.45, 2.75) is 33.6 Å². The Labute approximate surface area is 138 Å². The minimum atomic E-state index is 0.0588. The summed E-state index contributed by atoms with van der Waals surface area (Å²) >= 11 is 0. The number of rotatable bonds is 5. The molecule has 1 fully saturated rings. The molecule has 0 atom stereocenters. The van der Waals surface area contributed by atoms with Crippen LogP contribution in [0.3, 0.4) is 0 Å². The van der Waals surface area contributed by atoms with E-state index in [1.807, 2.05) is 0 Å². The third kappa shape index (κ3) is 4.28. The molecular weight excluding hydrogens is 290 g/mol. The highest BCUT2D eigenvalue weighted by Gasteiger charge is 2.20. The van der Waals surface area contributed by atoms with Gasteiger partial charge in [0.25, 0.3) is 0 Å². The molecule has 0 unspecified atom stereocenters. The van der Waals surface area contributed by atoms with Crippen LogP contribution in [0.4, 0.5) is 5.95 Å². The first kappa shape index (κ1) is 17.4. The van der Waals surface area contributed by atoms with Crippen molar-refractivity contribution in [3.63, 3.8) is 0 Å². The maximum Gasteiger partial charge on any atom is 0.225 e. The molecule has 0 bridgehead atoms. The van der Waals surface area contributed by atoms with Gasteiger partial charge in [0.05, 0.1) is 11.3 Å². The van der Waals surface area contributed by atoms with Gasteiger partial charge in [-0.25, -0.2) is 9.97 Å². The second kappa shape index (κ2) is 7.55. The molecule has 0 aliphatic carbocycles. The van der Waals surface area contributed by atoms with Crippen LogP contribution in [0.1, 0.15) is 44.9 Å². The molecule has 1 aromatic heterocycles. The Balaban J connectivity index is 2.28. The molecule has 0 aromatic carbocycles. The van der Waals surface area contributed by atoms with Gasteiger partial charge in [-0.3, -0.25) is 0 Å². The van der Waals surface area contributed by atoms with Crippen molar-refractivity contribution in [1.82, 2.24) is 14.9 Å². The highest BCUT2D eigenvalue weighted by Crippen LogP contribution is 2.24. The Bertz CT molecular complexity index is 589. The molecule has 0 amide bonds. The van der Waals surface area contributed by atoms with Gasteiger partial charge >= 0.3 is 0 Å². The lowest BCUT2D eigenvalue weighted by atomic mass is 10.0. The molecule has 6 heteroatoms. The number of aromatic nitrogens is 2. The number of aliphatic hydroxyl groups is 1. The Morgan fingerprint density at radius 2 is 2.00 bits per heavy atom. The zero-order chi connectivity index (χ0) is 17.0. The summed E-state index contributed by atoms with van der Waals surface area (Å²) in [5, 5.41) is 17.7. The van der Waals surface area contributed by atoms with Gasteiger partial charge in [0.15, 0.2) is 0 Å². The van der Waals surface area contributed by atoms with E-state index in [1.165, 1.54) is 6.08 Å². The Kier molecular flexibility index (Phi) is 5.71. The van der Waals surface area contributed by atoms with E-state index in [0.717, 1.165) is 44.4 Å². The minimum Gasteiger partial charge on any atom is -0.507 e. The summed E-state index contributed by atoms with van der Waals surface area (Å²) in [6.07, 6.45) is 3.11. The fourth-order valence-electron chi connectivity index (χ4n) is 2.72. The number of anilines is 1. The number of likely N-dealkylation sites (N-methyl/N-ethyl adjacent to an activating group) is 1. The van der Waals surface area contributed by atoms with Crippen LogP contribution in [0.15, 0.2) is 12.3 Å². The molecule has 1 saturated heterocycles. The van der Waals surface area contributed by atoms with E-state index >= 15 is 0 Å². The van der Waals surface area contributed by atoms with Gasteiger partial charge in [0.2, 0.25) is 5.95 Å². The van der Waals surface area contributed by atoms with Crippen LogP contribution in [0, 0.1) is 5.41 Å². The largest absolute Gasteiger partial charge is 0.507 e. The monoisotopic (exact) mass is 317 g/mol. The lowest BCUT2D eigenvalue weighted by Crippen LogP contribution is -2.46. The number of hydrogen-bond acceptors (Lipinski definition) is 6.